The van der Waals surface area contributed by atoms with Crippen LogP contribution in [0.25, 0.3) is 0 Å². The van der Waals surface area contributed by atoms with Gasteiger partial charge in [0.05, 0.1) is 17.8 Å². The fourth-order valence-corrected chi connectivity index (χ4v) is 3.15. The summed E-state index contributed by atoms with van der Waals surface area (Å²) < 4.78 is 11.0. The van der Waals surface area contributed by atoms with Crippen LogP contribution in [0.5, 0.6) is 0 Å². The predicted octanol–water partition coefficient (Wildman–Crippen LogP) is 2.08. The van der Waals surface area contributed by atoms with E-state index in [1.165, 1.54) is 6.20 Å². The van der Waals surface area contributed by atoms with Crippen molar-refractivity contribution in [1.82, 2.24) is 4.98 Å². The van der Waals surface area contributed by atoms with E-state index in [-0.39, 0.29) is 17.8 Å². The number of hydrogen-bond acceptors (Lipinski definition) is 6. The van der Waals surface area contributed by atoms with Crippen molar-refractivity contribution in [2.75, 3.05) is 18.0 Å². The van der Waals surface area contributed by atoms with Crippen LogP contribution in [0.1, 0.15) is 35.9 Å². The molecule has 1 amide bonds. The Morgan fingerprint density at radius 1 is 1.15 bits per heavy atom. The summed E-state index contributed by atoms with van der Waals surface area (Å²) in [5.41, 5.74) is 6.18. The van der Waals surface area contributed by atoms with Gasteiger partial charge in [-0.2, -0.15) is 0 Å². The molecule has 0 unspecified atom stereocenters. The molecule has 3 rings (SSSR count). The number of rotatable bonds is 5. The maximum atomic E-state index is 12.4. The normalized spacial score (nSPS) is 20.7. The first-order chi connectivity index (χ1) is 12.9. The Morgan fingerprint density at radius 3 is 2.37 bits per heavy atom. The lowest BCUT2D eigenvalue weighted by atomic mass is 10.1. The van der Waals surface area contributed by atoms with Crippen LogP contribution in [0.3, 0.4) is 0 Å². The van der Waals surface area contributed by atoms with Gasteiger partial charge in [-0.15, -0.1) is 0 Å². The third-order valence-corrected chi connectivity index (χ3v) is 4.31. The Balaban J connectivity index is 1.71. The number of aromatic nitrogens is 1. The first-order valence-corrected chi connectivity index (χ1v) is 8.85. The maximum absolute atomic E-state index is 12.4. The minimum atomic E-state index is -1.14. The van der Waals surface area contributed by atoms with E-state index in [4.69, 9.17) is 15.2 Å². The minimum Gasteiger partial charge on any atom is -0.444 e. The zero-order valence-electron chi connectivity index (χ0n) is 15.4. The number of nitrogens with two attached hydrogens (primary N) is 1. The quantitative estimate of drug-likeness (QED) is 0.811. The number of pyridine rings is 1. The molecule has 1 aromatic heterocycles. The fourth-order valence-electron chi connectivity index (χ4n) is 3.15. The van der Waals surface area contributed by atoms with E-state index >= 15 is 0 Å². The Bertz CT molecular complexity index is 785. The molecule has 1 aromatic carbocycles. The summed E-state index contributed by atoms with van der Waals surface area (Å²) in [7, 11) is 0. The monoisotopic (exact) mass is 369 g/mol. The van der Waals surface area contributed by atoms with Gasteiger partial charge >= 0.3 is 5.97 Å². The molecule has 27 heavy (non-hydrogen) atoms. The molecule has 2 heterocycles. The second kappa shape index (κ2) is 8.18. The smallest absolute Gasteiger partial charge is 0.340 e. The summed E-state index contributed by atoms with van der Waals surface area (Å²) in [6.45, 7) is 5.50. The lowest BCUT2D eigenvalue weighted by Crippen LogP contribution is -2.45. The zero-order chi connectivity index (χ0) is 19.4. The van der Waals surface area contributed by atoms with E-state index in [0.29, 0.717) is 5.56 Å². The highest BCUT2D eigenvalue weighted by atomic mass is 16.5. The number of nitrogens with zero attached hydrogens (tertiary/aromatic N) is 2. The second-order valence-corrected chi connectivity index (χ2v) is 6.67. The van der Waals surface area contributed by atoms with Gasteiger partial charge in [-0.1, -0.05) is 30.3 Å². The van der Waals surface area contributed by atoms with E-state index in [0.717, 1.165) is 18.9 Å². The summed E-state index contributed by atoms with van der Waals surface area (Å²) in [6, 6.07) is 12.1. The van der Waals surface area contributed by atoms with Crippen LogP contribution in [0, 0.1) is 0 Å². The molecule has 0 radical (unpaired) electrons. The Morgan fingerprint density at radius 2 is 1.81 bits per heavy atom. The number of hydrogen-bond donors (Lipinski definition) is 1. The van der Waals surface area contributed by atoms with Crippen LogP contribution in [0.15, 0.2) is 48.7 Å². The topological polar surface area (TPSA) is 94.8 Å². The average molecular weight is 369 g/mol. The van der Waals surface area contributed by atoms with Crippen molar-refractivity contribution < 1.29 is 19.1 Å². The van der Waals surface area contributed by atoms with Gasteiger partial charge in [0.15, 0.2) is 0 Å². The average Bonchev–Trinajstić information content (AvgIpc) is 2.65. The molecule has 0 aliphatic carbocycles. The van der Waals surface area contributed by atoms with Gasteiger partial charge in [0.25, 0.3) is 5.91 Å². The highest BCUT2D eigenvalue weighted by Gasteiger charge is 2.25. The Labute approximate surface area is 158 Å². The minimum absolute atomic E-state index is 0.113. The van der Waals surface area contributed by atoms with E-state index < -0.39 is 18.0 Å². The van der Waals surface area contributed by atoms with E-state index in [9.17, 15) is 9.59 Å². The van der Waals surface area contributed by atoms with Gasteiger partial charge < -0.3 is 20.1 Å². The number of benzene rings is 1. The number of anilines is 1. The van der Waals surface area contributed by atoms with Gasteiger partial charge in [0.1, 0.15) is 5.82 Å². The molecule has 142 valence electrons. The fraction of sp³-hybridized carbons (Fsp3) is 0.350. The van der Waals surface area contributed by atoms with Crippen LogP contribution in [0.2, 0.25) is 0 Å². The molecule has 7 heteroatoms. The zero-order valence-corrected chi connectivity index (χ0v) is 15.4. The van der Waals surface area contributed by atoms with Crippen molar-refractivity contribution in [2.45, 2.75) is 32.2 Å². The predicted molar refractivity (Wildman–Crippen MR) is 100 cm³/mol. The van der Waals surface area contributed by atoms with Crippen molar-refractivity contribution in [3.63, 3.8) is 0 Å². The van der Waals surface area contributed by atoms with Crippen LogP contribution in [-0.4, -0.2) is 42.2 Å². The van der Waals surface area contributed by atoms with Crippen LogP contribution in [-0.2, 0) is 14.3 Å². The van der Waals surface area contributed by atoms with Crippen LogP contribution in [0.4, 0.5) is 5.82 Å². The molecule has 1 fully saturated rings. The summed E-state index contributed by atoms with van der Waals surface area (Å²) >= 11 is 0. The van der Waals surface area contributed by atoms with Crippen molar-refractivity contribution in [3.8, 4) is 0 Å². The first kappa shape index (κ1) is 18.8. The molecule has 7 nitrogen and oxygen atoms in total. The van der Waals surface area contributed by atoms with Gasteiger partial charge in [-0.3, -0.25) is 4.79 Å². The lowest BCUT2D eigenvalue weighted by Gasteiger charge is -2.36. The highest BCUT2D eigenvalue weighted by Crippen LogP contribution is 2.21. The summed E-state index contributed by atoms with van der Waals surface area (Å²) in [5, 5.41) is 0. The number of amides is 1. The molecule has 2 N–H and O–H groups in total. The first-order valence-electron chi connectivity index (χ1n) is 8.85. The molecule has 0 spiro atoms. The summed E-state index contributed by atoms with van der Waals surface area (Å²) in [5.74, 6) is -0.608. The van der Waals surface area contributed by atoms with Crippen molar-refractivity contribution in [2.24, 2.45) is 5.73 Å². The van der Waals surface area contributed by atoms with Crippen molar-refractivity contribution in [3.05, 3.63) is 59.8 Å². The van der Waals surface area contributed by atoms with Crippen molar-refractivity contribution >= 4 is 17.7 Å². The third kappa shape index (κ3) is 4.62. The Kier molecular flexibility index (Phi) is 5.71. The van der Waals surface area contributed by atoms with E-state index in [1.54, 1.807) is 42.5 Å². The molecule has 2 aromatic rings. The number of ether oxygens (including phenoxy) is 2. The van der Waals surface area contributed by atoms with Gasteiger partial charge in [-0.25, -0.2) is 9.78 Å². The highest BCUT2D eigenvalue weighted by molar-refractivity contribution is 5.92. The van der Waals surface area contributed by atoms with Crippen LogP contribution < -0.4 is 10.6 Å². The van der Waals surface area contributed by atoms with E-state index in [1.807, 2.05) is 13.8 Å². The van der Waals surface area contributed by atoms with Crippen molar-refractivity contribution in [1.29, 1.82) is 0 Å². The number of carbonyl (C=O) groups is 2. The number of carbonyl (C=O) groups excluding carboxylic acids is 2. The molecular weight excluding hydrogens is 346 g/mol. The molecular formula is C20H23N3O4. The molecule has 1 saturated heterocycles. The molecule has 0 bridgehead atoms. The number of morpholine rings is 1. The maximum Gasteiger partial charge on any atom is 0.340 e. The van der Waals surface area contributed by atoms with E-state index in [2.05, 4.69) is 9.88 Å². The molecule has 0 saturated carbocycles. The van der Waals surface area contributed by atoms with Gasteiger partial charge in [0, 0.05) is 24.8 Å². The largest absolute Gasteiger partial charge is 0.444 e. The van der Waals surface area contributed by atoms with Gasteiger partial charge in [0.2, 0.25) is 6.10 Å². The SMILES string of the molecule is C[C@@H]1CN(c2ccc(C(=O)O[C@@H](C(N)=O)c3ccccc3)cn2)C[C@@H](C)O1. The summed E-state index contributed by atoms with van der Waals surface area (Å²) in [4.78, 5) is 30.6. The standard InChI is InChI=1S/C20H23N3O4/c1-13-11-23(12-14(2)26-13)17-9-8-16(10-22-17)20(25)27-18(19(21)24)15-6-4-3-5-7-15/h3-10,13-14,18H,11-12H2,1-2H3,(H2,21,24)/t13-,14-,18-/m1/s1. The number of primary amides is 1. The molecule has 1 aliphatic rings. The van der Waals surface area contributed by atoms with Crippen LogP contribution >= 0.6 is 0 Å². The number of esters is 1. The van der Waals surface area contributed by atoms with Gasteiger partial charge in [-0.05, 0) is 26.0 Å². The summed E-state index contributed by atoms with van der Waals surface area (Å²) in [6.07, 6.45) is 0.537. The lowest BCUT2D eigenvalue weighted by molar-refractivity contribution is -0.127. The molecule has 1 aliphatic heterocycles. The third-order valence-electron chi connectivity index (χ3n) is 4.31. The Hall–Kier alpha value is -2.93. The second-order valence-electron chi connectivity index (χ2n) is 6.67. The molecule has 3 atom stereocenters.